The van der Waals surface area contributed by atoms with E-state index in [9.17, 15) is 4.79 Å². The zero-order valence-electron chi connectivity index (χ0n) is 13.2. The summed E-state index contributed by atoms with van der Waals surface area (Å²) in [6.07, 6.45) is 1.79. The molecule has 0 saturated heterocycles. The lowest BCUT2D eigenvalue weighted by atomic mass is 9.98. The Morgan fingerprint density at radius 3 is 2.43 bits per heavy atom. The largest absolute Gasteiger partial charge is 0.337 e. The fourth-order valence-electron chi connectivity index (χ4n) is 2.15. The first kappa shape index (κ1) is 17.2. The number of carbonyl (C=O) groups is 1. The molecule has 0 bridgehead atoms. The van der Waals surface area contributed by atoms with E-state index in [4.69, 9.17) is 11.0 Å². The summed E-state index contributed by atoms with van der Waals surface area (Å²) in [7, 11) is 0. The first-order valence-electron chi connectivity index (χ1n) is 7.56. The van der Waals surface area contributed by atoms with Gasteiger partial charge in [0.2, 0.25) is 5.91 Å². The summed E-state index contributed by atoms with van der Waals surface area (Å²) in [6, 6.07) is 8.99. The minimum absolute atomic E-state index is 0.00978. The number of rotatable bonds is 7. The number of nitriles is 1. The quantitative estimate of drug-likeness (QED) is 0.838. The van der Waals surface area contributed by atoms with Crippen LogP contribution in [0.2, 0.25) is 0 Å². The molecule has 0 aromatic heterocycles. The Morgan fingerprint density at radius 2 is 1.95 bits per heavy atom. The number of carbonyl (C=O) groups excluding carboxylic acids is 1. The van der Waals surface area contributed by atoms with Gasteiger partial charge in [-0.25, -0.2) is 0 Å². The van der Waals surface area contributed by atoms with Gasteiger partial charge in [0.15, 0.2) is 0 Å². The smallest absolute Gasteiger partial charge is 0.240 e. The first-order chi connectivity index (χ1) is 10.0. The topological polar surface area (TPSA) is 70.1 Å². The molecule has 0 saturated carbocycles. The van der Waals surface area contributed by atoms with Crippen LogP contribution in [-0.2, 0) is 11.3 Å². The fraction of sp³-hybridized carbons (Fsp3) is 0.529. The van der Waals surface area contributed by atoms with Gasteiger partial charge in [-0.15, -0.1) is 0 Å². The average Bonchev–Trinajstić information content (AvgIpc) is 2.52. The van der Waals surface area contributed by atoms with Crippen molar-refractivity contribution in [3.05, 3.63) is 35.4 Å². The van der Waals surface area contributed by atoms with Crippen molar-refractivity contribution in [2.75, 3.05) is 6.54 Å². The van der Waals surface area contributed by atoms with Crippen LogP contribution in [-0.4, -0.2) is 23.4 Å². The van der Waals surface area contributed by atoms with Crippen molar-refractivity contribution in [3.8, 4) is 6.07 Å². The lowest BCUT2D eigenvalue weighted by Crippen LogP contribution is -2.47. The molecule has 0 spiro atoms. The van der Waals surface area contributed by atoms with Gasteiger partial charge in [-0.3, -0.25) is 4.79 Å². The fourth-order valence-corrected chi connectivity index (χ4v) is 2.15. The summed E-state index contributed by atoms with van der Waals surface area (Å²) in [5, 5.41) is 8.81. The molecule has 1 unspecified atom stereocenters. The van der Waals surface area contributed by atoms with Gasteiger partial charge in [0.1, 0.15) is 0 Å². The number of nitrogens with zero attached hydrogens (tertiary/aromatic N) is 2. The van der Waals surface area contributed by atoms with Crippen LogP contribution >= 0.6 is 0 Å². The molecule has 1 amide bonds. The van der Waals surface area contributed by atoms with Crippen LogP contribution in [0.4, 0.5) is 0 Å². The van der Waals surface area contributed by atoms with Crippen LogP contribution in [0.25, 0.3) is 0 Å². The van der Waals surface area contributed by atoms with Crippen molar-refractivity contribution in [2.45, 2.75) is 46.2 Å². The van der Waals surface area contributed by atoms with E-state index in [0.717, 1.165) is 18.4 Å². The lowest BCUT2D eigenvalue weighted by Gasteiger charge is -2.28. The van der Waals surface area contributed by atoms with E-state index in [2.05, 4.69) is 6.07 Å². The monoisotopic (exact) mass is 287 g/mol. The number of nitrogens with two attached hydrogens (primary N) is 1. The van der Waals surface area contributed by atoms with Crippen molar-refractivity contribution in [1.29, 1.82) is 5.26 Å². The van der Waals surface area contributed by atoms with Crippen molar-refractivity contribution in [2.24, 2.45) is 11.7 Å². The Kier molecular flexibility index (Phi) is 6.90. The van der Waals surface area contributed by atoms with E-state index in [1.165, 1.54) is 0 Å². The summed E-state index contributed by atoms with van der Waals surface area (Å²) in [6.45, 7) is 7.34. The van der Waals surface area contributed by atoms with E-state index >= 15 is 0 Å². The van der Waals surface area contributed by atoms with Crippen LogP contribution in [0, 0.1) is 17.2 Å². The minimum atomic E-state index is -0.445. The van der Waals surface area contributed by atoms with E-state index < -0.39 is 6.04 Å². The maximum atomic E-state index is 12.5. The molecule has 1 aromatic rings. The highest BCUT2D eigenvalue weighted by Crippen LogP contribution is 2.13. The third-order valence-electron chi connectivity index (χ3n) is 3.80. The van der Waals surface area contributed by atoms with Gasteiger partial charge >= 0.3 is 0 Å². The predicted octanol–water partition coefficient (Wildman–Crippen LogP) is 2.67. The molecule has 0 aliphatic heterocycles. The van der Waals surface area contributed by atoms with Gasteiger partial charge in [-0.2, -0.15) is 5.26 Å². The van der Waals surface area contributed by atoms with Gasteiger partial charge in [0.25, 0.3) is 0 Å². The van der Waals surface area contributed by atoms with E-state index in [1.54, 1.807) is 12.1 Å². The first-order valence-corrected chi connectivity index (χ1v) is 7.56. The van der Waals surface area contributed by atoms with E-state index in [0.29, 0.717) is 18.7 Å². The predicted molar refractivity (Wildman–Crippen MR) is 84.3 cm³/mol. The van der Waals surface area contributed by atoms with Crippen molar-refractivity contribution >= 4 is 5.91 Å². The third kappa shape index (κ3) is 4.87. The van der Waals surface area contributed by atoms with Gasteiger partial charge in [0, 0.05) is 13.1 Å². The molecule has 0 aliphatic carbocycles. The van der Waals surface area contributed by atoms with Crippen LogP contribution < -0.4 is 5.73 Å². The second kappa shape index (κ2) is 8.43. The molecule has 4 nitrogen and oxygen atoms in total. The zero-order chi connectivity index (χ0) is 15.8. The van der Waals surface area contributed by atoms with Crippen molar-refractivity contribution < 1.29 is 4.79 Å². The molecule has 0 aliphatic rings. The normalized spacial score (nSPS) is 13.3. The minimum Gasteiger partial charge on any atom is -0.337 e. The molecule has 114 valence electrons. The molecular formula is C17H25N3O. The van der Waals surface area contributed by atoms with Gasteiger partial charge < -0.3 is 10.6 Å². The van der Waals surface area contributed by atoms with Crippen molar-refractivity contribution in [3.63, 3.8) is 0 Å². The summed E-state index contributed by atoms with van der Waals surface area (Å²) in [5.74, 6) is 0.188. The zero-order valence-corrected chi connectivity index (χ0v) is 13.2. The number of benzene rings is 1. The van der Waals surface area contributed by atoms with Crippen LogP contribution in [0.1, 0.15) is 44.7 Å². The molecule has 21 heavy (non-hydrogen) atoms. The van der Waals surface area contributed by atoms with Crippen LogP contribution in [0.3, 0.4) is 0 Å². The Balaban J connectivity index is 2.81. The molecule has 2 N–H and O–H groups in total. The highest BCUT2D eigenvalue weighted by Gasteiger charge is 2.24. The second-order valence-corrected chi connectivity index (χ2v) is 5.48. The van der Waals surface area contributed by atoms with Crippen LogP contribution in [0.5, 0.6) is 0 Å². The molecule has 1 rings (SSSR count). The molecular weight excluding hydrogens is 262 g/mol. The summed E-state index contributed by atoms with van der Waals surface area (Å²) < 4.78 is 0. The highest BCUT2D eigenvalue weighted by atomic mass is 16.2. The average molecular weight is 287 g/mol. The number of hydrogen-bond donors (Lipinski definition) is 1. The SMILES string of the molecule is CCCN(Cc1ccc(C#N)cc1)C(=O)[C@@H](N)C(C)CC. The Morgan fingerprint density at radius 1 is 1.33 bits per heavy atom. The lowest BCUT2D eigenvalue weighted by molar-refractivity contribution is -0.134. The summed E-state index contributed by atoms with van der Waals surface area (Å²) in [4.78, 5) is 14.3. The maximum Gasteiger partial charge on any atom is 0.240 e. The van der Waals surface area contributed by atoms with Crippen LogP contribution in [0.15, 0.2) is 24.3 Å². The molecule has 0 radical (unpaired) electrons. The third-order valence-corrected chi connectivity index (χ3v) is 3.80. The standard InChI is InChI=1S/C17H25N3O/c1-4-10-20(17(21)16(19)13(3)5-2)12-15-8-6-14(11-18)7-9-15/h6-9,13,16H,4-5,10,12,19H2,1-3H3/t13?,16-/m0/s1. The van der Waals surface area contributed by atoms with E-state index in [1.807, 2.05) is 37.8 Å². The molecule has 0 heterocycles. The van der Waals surface area contributed by atoms with Crippen molar-refractivity contribution in [1.82, 2.24) is 4.90 Å². The summed E-state index contributed by atoms with van der Waals surface area (Å²) in [5.41, 5.74) is 7.72. The molecule has 4 heteroatoms. The highest BCUT2D eigenvalue weighted by molar-refractivity contribution is 5.82. The van der Waals surface area contributed by atoms with Gasteiger partial charge in [-0.05, 0) is 30.0 Å². The van der Waals surface area contributed by atoms with Gasteiger partial charge in [0.05, 0.1) is 17.7 Å². The Labute approximate surface area is 127 Å². The number of amides is 1. The molecule has 2 atom stereocenters. The summed E-state index contributed by atoms with van der Waals surface area (Å²) >= 11 is 0. The maximum absolute atomic E-state index is 12.5. The Bertz CT molecular complexity index is 490. The molecule has 1 aromatic carbocycles. The molecule has 0 fully saturated rings. The van der Waals surface area contributed by atoms with E-state index in [-0.39, 0.29) is 11.8 Å². The van der Waals surface area contributed by atoms with Gasteiger partial charge in [-0.1, -0.05) is 39.3 Å². The Hall–Kier alpha value is -1.86. The second-order valence-electron chi connectivity index (χ2n) is 5.48. The number of hydrogen-bond acceptors (Lipinski definition) is 3.